The maximum Gasteiger partial charge on any atom is 0.327 e. The van der Waals surface area contributed by atoms with Crippen LogP contribution in [0.25, 0.3) is 28.2 Å². The number of rotatable bonds is 14. The first kappa shape index (κ1) is 41.5. The monoisotopic (exact) mass is 896 g/mol. The van der Waals surface area contributed by atoms with Gasteiger partial charge in [0.2, 0.25) is 11.6 Å². The Morgan fingerprint density at radius 3 is 1.84 bits per heavy atom. The molecule has 0 unspecified atom stereocenters. The van der Waals surface area contributed by atoms with Crippen molar-refractivity contribution in [3.63, 3.8) is 0 Å². The van der Waals surface area contributed by atoms with Crippen molar-refractivity contribution in [2.45, 2.75) is 32.9 Å². The third-order valence-electron chi connectivity index (χ3n) is 8.31. The molecule has 0 bridgehead atoms. The summed E-state index contributed by atoms with van der Waals surface area (Å²) in [5.41, 5.74) is -0.772. The minimum atomic E-state index is -0.891. The molecule has 0 amide bonds. The lowest BCUT2D eigenvalue weighted by Crippen LogP contribution is -2.14. The lowest BCUT2D eigenvalue weighted by atomic mass is 10.0. The lowest BCUT2D eigenvalue weighted by molar-refractivity contribution is -0.145. The number of aromatic hydroxyl groups is 2. The number of unbranched alkanes of at least 4 members (excludes halogenated alkanes) is 1. The molecule has 0 spiro atoms. The first-order valence-electron chi connectivity index (χ1n) is 16.4. The second-order valence-corrected chi connectivity index (χ2v) is 14.4. The summed E-state index contributed by atoms with van der Waals surface area (Å²) in [5, 5.41) is 37.0. The zero-order valence-corrected chi connectivity index (χ0v) is 33.9. The molecule has 4 heterocycles. The summed E-state index contributed by atoms with van der Waals surface area (Å²) in [7, 11) is 1.22. The molecule has 3 N–H and O–H groups in total. The van der Waals surface area contributed by atoms with E-state index < -0.39 is 35.0 Å². The zero-order chi connectivity index (χ0) is 41.3. The molecular weight excluding hydrogens is 873 g/mol. The van der Waals surface area contributed by atoms with E-state index in [1.54, 1.807) is 0 Å². The predicted octanol–water partition coefficient (Wildman–Crippen LogP) is 7.63. The molecule has 6 aromatic rings. The van der Waals surface area contributed by atoms with Crippen molar-refractivity contribution in [3.8, 4) is 39.7 Å². The molecule has 2 aromatic carbocycles. The Morgan fingerprint density at radius 1 is 0.754 bits per heavy atom. The number of H-pyrrole nitrogens is 1. The van der Waals surface area contributed by atoms with Gasteiger partial charge in [0, 0.05) is 11.1 Å². The summed E-state index contributed by atoms with van der Waals surface area (Å²) in [4.78, 5) is 54.7. The van der Waals surface area contributed by atoms with E-state index in [1.165, 1.54) is 59.2 Å². The topological polar surface area (TPSA) is 209 Å². The third kappa shape index (κ3) is 8.47. The minimum Gasteiger partial charge on any atom is -0.507 e. The number of carbonyl (C=O) groups excluding carboxylic acids is 4. The number of methoxy groups -OCH3 is 1. The van der Waals surface area contributed by atoms with Crippen LogP contribution in [-0.4, -0.2) is 87.0 Å². The minimum absolute atomic E-state index is 0.0289. The number of benzene rings is 2. The number of ether oxygens (including phenoxy) is 2. The lowest BCUT2D eigenvalue weighted by Gasteiger charge is -2.14. The van der Waals surface area contributed by atoms with Crippen molar-refractivity contribution in [1.82, 2.24) is 39.5 Å². The van der Waals surface area contributed by atoms with Crippen LogP contribution in [0, 0.1) is 0 Å². The van der Waals surface area contributed by atoms with Gasteiger partial charge in [-0.3, -0.25) is 23.7 Å². The smallest absolute Gasteiger partial charge is 0.327 e. The number of hydrogen-bond donors (Lipinski definition) is 3. The number of nitrogens with one attached hydrogen (secondary N) is 1. The van der Waals surface area contributed by atoms with Crippen LogP contribution < -0.4 is 0 Å². The second-order valence-electron chi connectivity index (χ2n) is 12.1. The fourth-order valence-corrected chi connectivity index (χ4v) is 6.86. The fraction of sp³-hybridized carbons (Fsp3) is 0.200. The molecule has 4 aromatic heterocycles. The van der Waals surface area contributed by atoms with Gasteiger partial charge >= 0.3 is 11.9 Å². The Hall–Kier alpha value is -5.10. The molecule has 16 nitrogen and oxygen atoms in total. The van der Waals surface area contributed by atoms with Gasteiger partial charge in [-0.05, 0) is 36.8 Å². The van der Waals surface area contributed by atoms with E-state index in [2.05, 4.69) is 30.3 Å². The van der Waals surface area contributed by atoms with Crippen LogP contribution in [0.1, 0.15) is 51.9 Å². The quantitative estimate of drug-likeness (QED) is 0.0548. The van der Waals surface area contributed by atoms with Crippen LogP contribution >= 0.6 is 69.6 Å². The Balaban J connectivity index is 1.33. The molecule has 0 aliphatic carbocycles. The number of carbonyl (C=O) groups is 4. The van der Waals surface area contributed by atoms with Gasteiger partial charge in [0.15, 0.2) is 0 Å². The maximum atomic E-state index is 14.2. The normalized spacial score (nSPS) is 11.2. The molecular formula is C35H26Cl6N8O8. The number of hydrogen-bond acceptors (Lipinski definition) is 12. The van der Waals surface area contributed by atoms with Gasteiger partial charge in [0.25, 0.3) is 0 Å². The number of ketones is 2. The van der Waals surface area contributed by atoms with Crippen LogP contribution in [0.5, 0.6) is 11.5 Å². The van der Waals surface area contributed by atoms with Gasteiger partial charge in [0.05, 0.1) is 63.7 Å². The van der Waals surface area contributed by atoms with E-state index in [-0.39, 0.29) is 101 Å². The highest BCUT2D eigenvalue weighted by atomic mass is 35.5. The van der Waals surface area contributed by atoms with Crippen LogP contribution in [-0.2, 0) is 32.2 Å². The number of halogens is 6. The van der Waals surface area contributed by atoms with Crippen molar-refractivity contribution in [3.05, 3.63) is 95.6 Å². The highest BCUT2D eigenvalue weighted by Crippen LogP contribution is 2.42. The third-order valence-corrected chi connectivity index (χ3v) is 10.4. The number of aromatic nitrogens is 8. The van der Waals surface area contributed by atoms with Gasteiger partial charge in [-0.15, -0.1) is 10.2 Å². The molecule has 22 heteroatoms. The molecule has 0 atom stereocenters. The molecule has 0 aliphatic heterocycles. The molecule has 0 aliphatic rings. The van der Waals surface area contributed by atoms with E-state index in [4.69, 9.17) is 74.3 Å². The molecule has 0 saturated heterocycles. The SMILES string of the molecule is CCCCOC(=O)Cn1cc(-c2cc(O)c(C(=O)c3[nH]c(Cl)c(Cl)c3-n3c(C(=O)c4cc(Cl)c(-c5cn(CC(=O)OC)nn5)cc4O)cc(Cl)c3Cl)cc2Cl)nn1. The van der Waals surface area contributed by atoms with Crippen molar-refractivity contribution >= 4 is 93.1 Å². The first-order chi connectivity index (χ1) is 27.1. The van der Waals surface area contributed by atoms with Crippen LogP contribution in [0.2, 0.25) is 30.4 Å². The van der Waals surface area contributed by atoms with Crippen molar-refractivity contribution < 1.29 is 38.9 Å². The second kappa shape index (κ2) is 17.2. The average molecular weight is 899 g/mol. The van der Waals surface area contributed by atoms with Gasteiger partial charge in [-0.25, -0.2) is 9.36 Å². The van der Waals surface area contributed by atoms with Gasteiger partial charge in [0.1, 0.15) is 57.0 Å². The molecule has 0 saturated carbocycles. The number of phenolic OH excluding ortho intramolecular Hbond substituents is 2. The summed E-state index contributed by atoms with van der Waals surface area (Å²) < 4.78 is 13.3. The van der Waals surface area contributed by atoms with E-state index >= 15 is 0 Å². The average Bonchev–Trinajstić information content (AvgIpc) is 3.96. The standard InChI is InChI=1S/C35H26Cl6N8O8/c1-3-4-5-57-28(53)14-48-12-23(44-46-48)16-9-26(51)18(7-20(16)37)33(55)30-31(29(39)34(40)42-30)49-24(10-21(38)35(49)41)32(54)17-6-19(36)15(8-25(17)50)22-11-47(45-43-22)13-27(52)56-2/h6-12,42,50-51H,3-5,13-14H2,1-2H3. The first-order valence-corrected chi connectivity index (χ1v) is 18.7. The summed E-state index contributed by atoms with van der Waals surface area (Å²) in [5.74, 6) is -3.93. The zero-order valence-electron chi connectivity index (χ0n) is 29.3. The number of nitrogens with zero attached hydrogens (tertiary/aromatic N) is 7. The van der Waals surface area contributed by atoms with Crippen LogP contribution in [0.4, 0.5) is 0 Å². The fourth-order valence-electron chi connectivity index (χ4n) is 5.51. The molecule has 6 rings (SSSR count). The Bertz CT molecular complexity index is 2580. The van der Waals surface area contributed by atoms with Crippen LogP contribution in [0.3, 0.4) is 0 Å². The molecule has 0 radical (unpaired) electrons. The van der Waals surface area contributed by atoms with Gasteiger partial charge in [-0.2, -0.15) is 0 Å². The highest BCUT2D eigenvalue weighted by Gasteiger charge is 2.32. The Labute approximate surface area is 351 Å². The number of esters is 2. The van der Waals surface area contributed by atoms with Crippen molar-refractivity contribution in [1.29, 1.82) is 0 Å². The Kier molecular flexibility index (Phi) is 12.5. The van der Waals surface area contributed by atoms with Gasteiger partial charge in [-0.1, -0.05) is 93.4 Å². The largest absolute Gasteiger partial charge is 0.507 e. The maximum absolute atomic E-state index is 14.2. The Morgan fingerprint density at radius 2 is 1.30 bits per heavy atom. The number of phenols is 2. The molecule has 296 valence electrons. The van der Waals surface area contributed by atoms with E-state index in [0.717, 1.165) is 11.0 Å². The summed E-state index contributed by atoms with van der Waals surface area (Å²) >= 11 is 39.2. The van der Waals surface area contributed by atoms with Gasteiger partial charge < -0.3 is 24.7 Å². The summed E-state index contributed by atoms with van der Waals surface area (Å²) in [6, 6.07) is 5.88. The predicted molar refractivity (Wildman–Crippen MR) is 209 cm³/mol. The summed E-state index contributed by atoms with van der Waals surface area (Å²) in [6.07, 6.45) is 4.38. The van der Waals surface area contributed by atoms with E-state index in [9.17, 15) is 29.4 Å². The number of aromatic amines is 1. The van der Waals surface area contributed by atoms with E-state index in [1.807, 2.05) is 6.92 Å². The highest BCUT2D eigenvalue weighted by molar-refractivity contribution is 6.45. The van der Waals surface area contributed by atoms with E-state index in [0.29, 0.717) is 6.42 Å². The van der Waals surface area contributed by atoms with Crippen molar-refractivity contribution in [2.75, 3.05) is 13.7 Å². The molecule has 0 fully saturated rings. The summed E-state index contributed by atoms with van der Waals surface area (Å²) in [6.45, 7) is 1.78. The van der Waals surface area contributed by atoms with Crippen molar-refractivity contribution in [2.24, 2.45) is 0 Å². The molecule has 57 heavy (non-hydrogen) atoms. The van der Waals surface area contributed by atoms with Crippen LogP contribution in [0.15, 0.2) is 42.7 Å².